The molecule has 4 N–H and O–H groups in total. The molecule has 9 heteroatoms. The van der Waals surface area contributed by atoms with E-state index in [4.69, 9.17) is 21.8 Å². The van der Waals surface area contributed by atoms with Crippen LogP contribution in [0.5, 0.6) is 0 Å². The maximum Gasteiger partial charge on any atom is 0.292 e. The predicted octanol–water partition coefficient (Wildman–Crippen LogP) is 0.781. The van der Waals surface area contributed by atoms with E-state index < -0.39 is 11.7 Å². The van der Waals surface area contributed by atoms with Crippen LogP contribution in [0.3, 0.4) is 0 Å². The first-order valence-electron chi connectivity index (χ1n) is 8.39. The zero-order chi connectivity index (χ0) is 18.8. The Hall–Kier alpha value is -1.64. The third-order valence-corrected chi connectivity index (χ3v) is 5.00. The monoisotopic (exact) mass is 372 g/mol. The van der Waals surface area contributed by atoms with E-state index >= 15 is 0 Å². The van der Waals surface area contributed by atoms with Crippen LogP contribution in [0.4, 0.5) is 0 Å². The molecule has 2 heterocycles. The van der Waals surface area contributed by atoms with Crippen molar-refractivity contribution in [2.24, 2.45) is 11.3 Å². The van der Waals surface area contributed by atoms with E-state index in [1.54, 1.807) is 17.9 Å². The molecule has 0 aromatic carbocycles. The van der Waals surface area contributed by atoms with E-state index in [0.717, 1.165) is 5.69 Å². The van der Waals surface area contributed by atoms with Gasteiger partial charge in [0.1, 0.15) is 17.3 Å². The Kier molecular flexibility index (Phi) is 6.08. The first-order valence-corrected chi connectivity index (χ1v) is 8.77. The van der Waals surface area contributed by atoms with Crippen molar-refractivity contribution in [2.45, 2.75) is 53.4 Å². The summed E-state index contributed by atoms with van der Waals surface area (Å²) in [5.74, 6) is -0.322. The van der Waals surface area contributed by atoms with Crippen molar-refractivity contribution in [3.05, 3.63) is 17.0 Å². The van der Waals surface area contributed by atoms with Gasteiger partial charge in [-0.3, -0.25) is 4.79 Å². The van der Waals surface area contributed by atoms with Gasteiger partial charge in [0.15, 0.2) is 6.29 Å². The number of amides is 1. The summed E-state index contributed by atoms with van der Waals surface area (Å²) in [6, 6.07) is 0. The van der Waals surface area contributed by atoms with Crippen LogP contribution >= 0.6 is 11.6 Å². The van der Waals surface area contributed by atoms with Crippen LogP contribution < -0.4 is 10.00 Å². The number of nitrogens with one attached hydrogen (secondary N) is 2. The molecule has 0 aliphatic heterocycles. The van der Waals surface area contributed by atoms with Crippen LogP contribution in [0.15, 0.2) is 6.33 Å². The number of aliphatic hydroxyl groups is 2. The highest BCUT2D eigenvalue weighted by atomic mass is 35.5. The van der Waals surface area contributed by atoms with E-state index in [-0.39, 0.29) is 11.8 Å². The molecule has 2 aromatic heterocycles. The summed E-state index contributed by atoms with van der Waals surface area (Å²) in [7, 11) is 0. The number of aromatic amines is 1. The fourth-order valence-corrected chi connectivity index (χ4v) is 2.70. The van der Waals surface area contributed by atoms with Gasteiger partial charge in [-0.05, 0) is 19.8 Å². The normalized spacial score (nSPS) is 13.6. The molecule has 0 aliphatic rings. The lowest BCUT2D eigenvalue weighted by Gasteiger charge is -2.25. The van der Waals surface area contributed by atoms with Gasteiger partial charge in [0, 0.05) is 11.3 Å². The van der Waals surface area contributed by atoms with E-state index in [9.17, 15) is 4.79 Å². The van der Waals surface area contributed by atoms with E-state index in [2.05, 4.69) is 15.4 Å². The Labute approximate surface area is 151 Å². The second kappa shape index (κ2) is 7.72. The summed E-state index contributed by atoms with van der Waals surface area (Å²) >= 11 is 6.15. The average molecular weight is 373 g/mol. The van der Waals surface area contributed by atoms with Gasteiger partial charge in [-0.15, -0.1) is 0 Å². The quantitative estimate of drug-likeness (QED) is 0.406. The largest absolute Gasteiger partial charge is 0.368 e. The van der Waals surface area contributed by atoms with Gasteiger partial charge < -0.3 is 15.5 Å². The number of carbonyl (C=O) groups is 1. The summed E-state index contributed by atoms with van der Waals surface area (Å²) in [5, 5.41) is 24.9. The number of rotatable bonds is 8. The lowest BCUT2D eigenvalue weighted by Crippen LogP contribution is -2.47. The van der Waals surface area contributed by atoms with Gasteiger partial charge in [0.05, 0.1) is 6.54 Å². The van der Waals surface area contributed by atoms with Gasteiger partial charge in [0.2, 0.25) is 12.2 Å². The summed E-state index contributed by atoms with van der Waals surface area (Å²) in [6.07, 6.45) is 1.46. The molecule has 0 saturated carbocycles. The van der Waals surface area contributed by atoms with Crippen LogP contribution in [-0.4, -0.2) is 43.7 Å². The predicted molar refractivity (Wildman–Crippen MR) is 92.9 cm³/mol. The Morgan fingerprint density at radius 3 is 2.84 bits per heavy atom. The highest BCUT2D eigenvalue weighted by Gasteiger charge is 2.28. The van der Waals surface area contributed by atoms with Crippen LogP contribution in [-0.2, 0) is 11.3 Å². The van der Waals surface area contributed by atoms with E-state index in [1.165, 1.54) is 0 Å². The lowest BCUT2D eigenvalue weighted by molar-refractivity contribution is -0.764. The molecule has 0 spiro atoms. The second-order valence-electron chi connectivity index (χ2n) is 7.16. The summed E-state index contributed by atoms with van der Waals surface area (Å²) in [6.45, 7) is 8.34. The van der Waals surface area contributed by atoms with Crippen LogP contribution in [0.2, 0.25) is 5.02 Å². The Balaban J connectivity index is 1.87. The van der Waals surface area contributed by atoms with Gasteiger partial charge in [-0.2, -0.15) is 4.68 Å². The second-order valence-corrected chi connectivity index (χ2v) is 7.54. The molecule has 2 aromatic rings. The van der Waals surface area contributed by atoms with Gasteiger partial charge in [0.25, 0.3) is 5.65 Å². The SMILES string of the molecule is Cc1[nH]n2c(nc[n+]2CCNC(=O)C(C)(C)CCC(C)C(O)O)c1Cl. The minimum absolute atomic E-state index is 0.0609. The molecule has 25 heavy (non-hydrogen) atoms. The first-order chi connectivity index (χ1) is 11.6. The van der Waals surface area contributed by atoms with Crippen LogP contribution in [0.1, 0.15) is 39.3 Å². The standard InChI is InChI=1S/C16H26ClN5O3/c1-10(14(23)24)5-6-16(3,4)15(25)18-7-8-21-9-19-13-12(17)11(2)20-22(13)21/h9-10,14,23-24H,5-8H2,1-4H3,(H,18,25)/p+1. The number of nitrogens with zero attached hydrogens (tertiary/aromatic N) is 3. The van der Waals surface area contributed by atoms with Crippen molar-refractivity contribution in [2.75, 3.05) is 6.54 Å². The van der Waals surface area contributed by atoms with Crippen molar-refractivity contribution in [3.8, 4) is 0 Å². The fraction of sp³-hybridized carbons (Fsp3) is 0.688. The lowest BCUT2D eigenvalue weighted by atomic mass is 9.84. The summed E-state index contributed by atoms with van der Waals surface area (Å²) < 4.78 is 3.59. The third-order valence-electron chi connectivity index (χ3n) is 4.54. The number of fused-ring (bicyclic) bond motifs is 1. The van der Waals surface area contributed by atoms with Crippen molar-refractivity contribution in [1.29, 1.82) is 0 Å². The molecule has 1 unspecified atom stereocenters. The Morgan fingerprint density at radius 2 is 2.20 bits per heavy atom. The Morgan fingerprint density at radius 1 is 1.52 bits per heavy atom. The number of hydrogen-bond acceptors (Lipinski definition) is 4. The summed E-state index contributed by atoms with van der Waals surface area (Å²) in [5.41, 5.74) is 0.915. The zero-order valence-electron chi connectivity index (χ0n) is 15.1. The van der Waals surface area contributed by atoms with Gasteiger partial charge in [-0.25, -0.2) is 5.10 Å². The molecular formula is C16H27ClN5O3+. The van der Waals surface area contributed by atoms with Crippen LogP contribution in [0, 0.1) is 18.3 Å². The molecule has 0 aliphatic carbocycles. The Bertz CT molecular complexity index is 738. The minimum Gasteiger partial charge on any atom is -0.368 e. The van der Waals surface area contributed by atoms with E-state index in [0.29, 0.717) is 36.6 Å². The van der Waals surface area contributed by atoms with Crippen molar-refractivity contribution < 1.29 is 19.7 Å². The number of halogens is 1. The molecule has 2 rings (SSSR count). The zero-order valence-corrected chi connectivity index (χ0v) is 15.8. The highest BCUT2D eigenvalue weighted by molar-refractivity contribution is 6.34. The molecule has 0 fully saturated rings. The molecule has 0 bridgehead atoms. The topological polar surface area (TPSA) is 107 Å². The molecular weight excluding hydrogens is 346 g/mol. The molecule has 1 atom stereocenters. The van der Waals surface area contributed by atoms with Gasteiger partial charge in [-0.1, -0.05) is 42.0 Å². The number of hydrogen-bond donors (Lipinski definition) is 4. The smallest absolute Gasteiger partial charge is 0.292 e. The van der Waals surface area contributed by atoms with Crippen molar-refractivity contribution >= 4 is 23.2 Å². The molecule has 0 saturated heterocycles. The molecule has 8 nitrogen and oxygen atoms in total. The fourth-order valence-electron chi connectivity index (χ4n) is 2.52. The molecule has 0 radical (unpaired) electrons. The van der Waals surface area contributed by atoms with Gasteiger partial charge >= 0.3 is 0 Å². The maximum atomic E-state index is 12.4. The van der Waals surface area contributed by atoms with E-state index in [1.807, 2.05) is 25.5 Å². The average Bonchev–Trinajstić information content (AvgIpc) is 3.06. The number of carbonyl (C=O) groups excluding carboxylic acids is 1. The number of H-pyrrole nitrogens is 1. The highest BCUT2D eigenvalue weighted by Crippen LogP contribution is 2.25. The molecule has 1 amide bonds. The number of aliphatic hydroxyl groups excluding tert-OH is 1. The van der Waals surface area contributed by atoms with Crippen molar-refractivity contribution in [3.63, 3.8) is 0 Å². The van der Waals surface area contributed by atoms with Crippen LogP contribution in [0.25, 0.3) is 5.65 Å². The van der Waals surface area contributed by atoms with Crippen molar-refractivity contribution in [1.82, 2.24) is 20.0 Å². The minimum atomic E-state index is -1.35. The third kappa shape index (κ3) is 4.50. The molecule has 140 valence electrons. The maximum absolute atomic E-state index is 12.4. The number of aromatic nitrogens is 4. The number of aryl methyl sites for hydroxylation is 1. The first kappa shape index (κ1) is 19.7. The summed E-state index contributed by atoms with van der Waals surface area (Å²) in [4.78, 5) is 16.7.